The van der Waals surface area contributed by atoms with Crippen molar-refractivity contribution >= 4 is 5.69 Å². The van der Waals surface area contributed by atoms with Gasteiger partial charge in [-0.2, -0.15) is 0 Å². The molecule has 4 nitrogen and oxygen atoms in total. The first-order valence-electron chi connectivity index (χ1n) is 6.62. The van der Waals surface area contributed by atoms with Gasteiger partial charge in [-0.05, 0) is 25.0 Å². The van der Waals surface area contributed by atoms with E-state index in [1.54, 1.807) is 18.6 Å². The molecule has 0 atom stereocenters. The van der Waals surface area contributed by atoms with Gasteiger partial charge in [-0.25, -0.2) is 4.98 Å². The minimum Gasteiger partial charge on any atom is -0.406 e. The summed E-state index contributed by atoms with van der Waals surface area (Å²) in [6.45, 7) is 0.506. The Morgan fingerprint density at radius 1 is 1.33 bits per heavy atom. The topological polar surface area (TPSA) is 39.1 Å². The highest BCUT2D eigenvalue weighted by atomic mass is 19.4. The quantitative estimate of drug-likeness (QED) is 0.914. The molecule has 0 amide bonds. The molecule has 21 heavy (non-hydrogen) atoms. The molecule has 0 spiro atoms. The summed E-state index contributed by atoms with van der Waals surface area (Å²) in [6, 6.07) is 6.32. The highest BCUT2D eigenvalue weighted by Crippen LogP contribution is 2.35. The van der Waals surface area contributed by atoms with Crippen LogP contribution in [0.4, 0.5) is 18.9 Å². The largest absolute Gasteiger partial charge is 0.573 e. The van der Waals surface area contributed by atoms with E-state index in [0.717, 1.165) is 18.5 Å². The molecule has 1 aromatic carbocycles. The Bertz CT molecular complexity index is 620. The van der Waals surface area contributed by atoms with Crippen LogP contribution in [-0.4, -0.2) is 15.9 Å². The van der Waals surface area contributed by atoms with E-state index >= 15 is 0 Å². The lowest BCUT2D eigenvalue weighted by atomic mass is 10.3. The molecule has 1 aliphatic carbocycles. The average Bonchev–Trinajstić information content (AvgIpc) is 3.14. The molecule has 1 aliphatic rings. The zero-order chi connectivity index (χ0) is 14.9. The van der Waals surface area contributed by atoms with E-state index in [1.165, 1.54) is 18.2 Å². The van der Waals surface area contributed by atoms with Crippen molar-refractivity contribution in [3.63, 3.8) is 0 Å². The van der Waals surface area contributed by atoms with E-state index in [1.807, 2.05) is 0 Å². The Morgan fingerprint density at radius 2 is 2.14 bits per heavy atom. The van der Waals surface area contributed by atoms with Gasteiger partial charge in [0, 0.05) is 24.0 Å². The molecular weight excluding hydrogens is 283 g/mol. The maximum Gasteiger partial charge on any atom is 0.573 e. The average molecular weight is 297 g/mol. The van der Waals surface area contributed by atoms with E-state index in [4.69, 9.17) is 0 Å². The highest BCUT2D eigenvalue weighted by Gasteiger charge is 2.31. The fraction of sp³-hybridized carbons (Fsp3) is 0.357. The first-order valence-corrected chi connectivity index (χ1v) is 6.62. The van der Waals surface area contributed by atoms with E-state index in [-0.39, 0.29) is 5.75 Å². The number of benzene rings is 1. The second-order valence-electron chi connectivity index (χ2n) is 4.95. The molecule has 0 bridgehead atoms. The minimum absolute atomic E-state index is 0.233. The van der Waals surface area contributed by atoms with E-state index in [0.29, 0.717) is 18.3 Å². The predicted octanol–water partition coefficient (Wildman–Crippen LogP) is 3.73. The number of hydrogen-bond acceptors (Lipinski definition) is 3. The number of rotatable bonds is 5. The van der Waals surface area contributed by atoms with Gasteiger partial charge in [0.15, 0.2) is 0 Å². The van der Waals surface area contributed by atoms with Gasteiger partial charge in [-0.3, -0.25) is 0 Å². The summed E-state index contributed by atoms with van der Waals surface area (Å²) >= 11 is 0. The summed E-state index contributed by atoms with van der Waals surface area (Å²) in [5, 5.41) is 3.09. The van der Waals surface area contributed by atoms with Crippen molar-refractivity contribution in [2.75, 3.05) is 5.32 Å². The van der Waals surface area contributed by atoms with Crippen LogP contribution in [-0.2, 0) is 6.54 Å². The Kier molecular flexibility index (Phi) is 3.48. The standard InChI is InChI=1S/C14H14F3N3O/c15-14(16,17)21-13-3-1-2-10(6-13)19-8-12-7-18-9-20(12)11-4-5-11/h1-3,6-7,9,11,19H,4-5,8H2. The number of aromatic nitrogens is 2. The van der Waals surface area contributed by atoms with Gasteiger partial charge in [-0.1, -0.05) is 6.07 Å². The van der Waals surface area contributed by atoms with E-state index in [9.17, 15) is 13.2 Å². The van der Waals surface area contributed by atoms with Crippen molar-refractivity contribution in [1.29, 1.82) is 0 Å². The normalized spacial score (nSPS) is 15.0. The monoisotopic (exact) mass is 297 g/mol. The third kappa shape index (κ3) is 3.68. The zero-order valence-electron chi connectivity index (χ0n) is 11.1. The van der Waals surface area contributed by atoms with E-state index in [2.05, 4.69) is 19.6 Å². The summed E-state index contributed by atoms with van der Waals surface area (Å²) in [5.41, 5.74) is 1.58. The number of hydrogen-bond donors (Lipinski definition) is 1. The van der Waals surface area contributed by atoms with Crippen LogP contribution in [0, 0.1) is 0 Å². The fourth-order valence-corrected chi connectivity index (χ4v) is 2.15. The van der Waals surface area contributed by atoms with Gasteiger partial charge < -0.3 is 14.6 Å². The summed E-state index contributed by atoms with van der Waals surface area (Å²) in [4.78, 5) is 4.11. The molecular formula is C14H14F3N3O. The van der Waals surface area contributed by atoms with Gasteiger partial charge >= 0.3 is 6.36 Å². The van der Waals surface area contributed by atoms with Gasteiger partial charge in [0.25, 0.3) is 0 Å². The maximum absolute atomic E-state index is 12.2. The lowest BCUT2D eigenvalue weighted by molar-refractivity contribution is -0.274. The number of imidazole rings is 1. The third-order valence-corrected chi connectivity index (χ3v) is 3.23. The maximum atomic E-state index is 12.2. The number of ether oxygens (including phenoxy) is 1. The van der Waals surface area contributed by atoms with Crippen LogP contribution in [0.25, 0.3) is 0 Å². The van der Waals surface area contributed by atoms with Crippen molar-refractivity contribution in [3.8, 4) is 5.75 Å². The van der Waals surface area contributed by atoms with Gasteiger partial charge in [0.05, 0.1) is 18.6 Å². The molecule has 1 aromatic heterocycles. The number of anilines is 1. The molecule has 112 valence electrons. The molecule has 2 aromatic rings. The first kappa shape index (κ1) is 13.8. The smallest absolute Gasteiger partial charge is 0.406 e. The van der Waals surface area contributed by atoms with E-state index < -0.39 is 6.36 Å². The summed E-state index contributed by atoms with van der Waals surface area (Å²) in [7, 11) is 0. The Labute approximate surface area is 119 Å². The number of nitrogens with zero attached hydrogens (tertiary/aromatic N) is 2. The molecule has 1 saturated carbocycles. The highest BCUT2D eigenvalue weighted by molar-refractivity contribution is 5.48. The molecule has 7 heteroatoms. The second-order valence-corrected chi connectivity index (χ2v) is 4.95. The number of nitrogens with one attached hydrogen (secondary N) is 1. The number of halogens is 3. The third-order valence-electron chi connectivity index (χ3n) is 3.23. The summed E-state index contributed by atoms with van der Waals surface area (Å²) in [5.74, 6) is -0.233. The van der Waals surface area contributed by atoms with Crippen molar-refractivity contribution < 1.29 is 17.9 Å². The van der Waals surface area contributed by atoms with Crippen molar-refractivity contribution in [1.82, 2.24) is 9.55 Å². The van der Waals surface area contributed by atoms with Crippen LogP contribution in [0.15, 0.2) is 36.8 Å². The fourth-order valence-electron chi connectivity index (χ4n) is 2.15. The van der Waals surface area contributed by atoms with Crippen molar-refractivity contribution in [3.05, 3.63) is 42.5 Å². The van der Waals surface area contributed by atoms with Crippen molar-refractivity contribution in [2.24, 2.45) is 0 Å². The second kappa shape index (κ2) is 5.31. The van der Waals surface area contributed by atoms with Crippen molar-refractivity contribution in [2.45, 2.75) is 31.8 Å². The van der Waals surface area contributed by atoms with Crippen LogP contribution < -0.4 is 10.1 Å². The first-order chi connectivity index (χ1) is 10.0. The van der Waals surface area contributed by atoms with Crippen LogP contribution >= 0.6 is 0 Å². The Morgan fingerprint density at radius 3 is 2.86 bits per heavy atom. The van der Waals surface area contributed by atoms with Crippen LogP contribution in [0.5, 0.6) is 5.75 Å². The summed E-state index contributed by atoms with van der Waals surface area (Å²) < 4.78 is 42.5. The Hall–Kier alpha value is -2.18. The molecule has 1 heterocycles. The predicted molar refractivity (Wildman–Crippen MR) is 70.9 cm³/mol. The molecule has 0 saturated heterocycles. The Balaban J connectivity index is 1.65. The van der Waals surface area contributed by atoms with Crippen LogP contribution in [0.3, 0.4) is 0 Å². The minimum atomic E-state index is -4.68. The van der Waals surface area contributed by atoms with Gasteiger partial charge in [0.2, 0.25) is 0 Å². The molecule has 0 unspecified atom stereocenters. The molecule has 0 aliphatic heterocycles. The summed E-state index contributed by atoms with van der Waals surface area (Å²) in [6.07, 6.45) is 1.18. The lowest BCUT2D eigenvalue weighted by Gasteiger charge is -2.12. The SMILES string of the molecule is FC(F)(F)Oc1cccc(NCc2cncn2C2CC2)c1. The molecule has 1 N–H and O–H groups in total. The molecule has 0 radical (unpaired) electrons. The molecule has 3 rings (SSSR count). The van der Waals surface area contributed by atoms with Crippen LogP contribution in [0.2, 0.25) is 0 Å². The zero-order valence-corrected chi connectivity index (χ0v) is 11.1. The van der Waals surface area contributed by atoms with Gasteiger partial charge in [-0.15, -0.1) is 13.2 Å². The van der Waals surface area contributed by atoms with Crippen LogP contribution in [0.1, 0.15) is 24.6 Å². The molecule has 1 fully saturated rings. The van der Waals surface area contributed by atoms with Gasteiger partial charge in [0.1, 0.15) is 5.75 Å². The lowest BCUT2D eigenvalue weighted by Crippen LogP contribution is -2.17. The number of alkyl halides is 3.